The number of halogens is 1. The smallest absolute Gasteiger partial charge is 0.264 e. The topological polar surface area (TPSA) is 105 Å². The molecule has 2 unspecified atom stereocenters. The third kappa shape index (κ3) is 8.27. The fraction of sp³-hybridized carbons (Fsp3) is 0.575. The Hall–Kier alpha value is -2.85. The van der Waals surface area contributed by atoms with Crippen LogP contribution in [0.4, 0.5) is 5.69 Å². The molecule has 272 valence electrons. The number of nitrogens with one attached hydrogen (secondary N) is 1. The third-order valence-corrected chi connectivity index (χ3v) is 13.4. The number of hydrogen-bond acceptors (Lipinski definition) is 7. The molecule has 2 fully saturated rings. The number of anilines is 1. The predicted octanol–water partition coefficient (Wildman–Crippen LogP) is 7.52. The van der Waals surface area contributed by atoms with Gasteiger partial charge in [-0.3, -0.25) is 4.79 Å². The zero-order valence-corrected chi connectivity index (χ0v) is 30.9. The van der Waals surface area contributed by atoms with Crippen molar-refractivity contribution in [2.45, 2.75) is 107 Å². The summed E-state index contributed by atoms with van der Waals surface area (Å²) in [5.41, 5.74) is 3.25. The molecule has 2 aliphatic carbocycles. The number of carbonyl (C=O) groups is 1. The molecule has 8 nitrogen and oxygen atoms in total. The van der Waals surface area contributed by atoms with Gasteiger partial charge in [0.2, 0.25) is 10.0 Å². The van der Waals surface area contributed by atoms with E-state index < -0.39 is 27.3 Å². The van der Waals surface area contributed by atoms with Gasteiger partial charge in [0.05, 0.1) is 29.8 Å². The number of benzene rings is 2. The number of rotatable bonds is 14. The summed E-state index contributed by atoms with van der Waals surface area (Å²) in [7, 11) is -3.99. The van der Waals surface area contributed by atoms with Crippen molar-refractivity contribution in [1.29, 1.82) is 0 Å². The van der Waals surface area contributed by atoms with Gasteiger partial charge in [0.1, 0.15) is 5.75 Å². The van der Waals surface area contributed by atoms with Crippen molar-refractivity contribution in [1.82, 2.24) is 4.72 Å². The number of hydrogen-bond donors (Lipinski definition) is 2. The van der Waals surface area contributed by atoms with Gasteiger partial charge in [-0.25, -0.2) is 13.1 Å². The highest BCUT2D eigenvalue weighted by Gasteiger charge is 2.44. The fourth-order valence-electron chi connectivity index (χ4n) is 8.45. The third-order valence-electron chi connectivity index (χ3n) is 11.4. The number of amides is 1. The zero-order chi connectivity index (χ0) is 35.3. The maximum Gasteiger partial charge on any atom is 0.264 e. The molecule has 2 aromatic rings. The number of aliphatic hydroxyl groups excluding tert-OH is 1. The van der Waals surface area contributed by atoms with Gasteiger partial charge >= 0.3 is 0 Å². The number of carbonyl (C=O) groups excluding carboxylic acids is 1. The maximum atomic E-state index is 13.7. The molecule has 50 heavy (non-hydrogen) atoms. The second kappa shape index (κ2) is 16.2. The summed E-state index contributed by atoms with van der Waals surface area (Å²) in [5.74, 6) is 0.424. The highest BCUT2D eigenvalue weighted by atomic mass is 35.5. The number of fused-ring (bicyclic) bond motifs is 3. The quantitative estimate of drug-likeness (QED) is 0.194. The molecule has 2 N–H and O–H groups in total. The Balaban J connectivity index is 1.29. The second-order valence-corrected chi connectivity index (χ2v) is 17.2. The van der Waals surface area contributed by atoms with Crippen LogP contribution in [0.25, 0.3) is 0 Å². The normalized spacial score (nSPS) is 26.0. The Morgan fingerprint density at radius 3 is 2.78 bits per heavy atom. The molecular weight excluding hydrogens is 672 g/mol. The number of aliphatic hydroxyl groups is 1. The molecule has 6 atom stereocenters. The molecule has 0 aromatic heterocycles. The molecule has 4 aliphatic rings. The van der Waals surface area contributed by atoms with Crippen LogP contribution in [-0.2, 0) is 26.6 Å². The Morgan fingerprint density at radius 2 is 2.04 bits per heavy atom. The van der Waals surface area contributed by atoms with Crippen molar-refractivity contribution in [3.05, 3.63) is 82.9 Å². The first-order valence-corrected chi connectivity index (χ1v) is 20.5. The van der Waals surface area contributed by atoms with Crippen LogP contribution < -0.4 is 14.4 Å². The van der Waals surface area contributed by atoms with Crippen LogP contribution in [0.3, 0.4) is 0 Å². The monoisotopic (exact) mass is 724 g/mol. The van der Waals surface area contributed by atoms with Crippen molar-refractivity contribution in [3.63, 3.8) is 0 Å². The Kier molecular flexibility index (Phi) is 12.0. The van der Waals surface area contributed by atoms with E-state index in [0.29, 0.717) is 51.3 Å². The van der Waals surface area contributed by atoms with Crippen molar-refractivity contribution >= 4 is 33.2 Å². The molecule has 1 amide bonds. The summed E-state index contributed by atoms with van der Waals surface area (Å²) in [6.45, 7) is 8.38. The van der Waals surface area contributed by atoms with E-state index in [4.69, 9.17) is 21.1 Å². The van der Waals surface area contributed by atoms with Crippen molar-refractivity contribution in [3.8, 4) is 5.75 Å². The average Bonchev–Trinajstić information content (AvgIpc) is 3.55. The molecule has 1 saturated carbocycles. The van der Waals surface area contributed by atoms with Crippen molar-refractivity contribution in [2.24, 2.45) is 11.8 Å². The number of ether oxygens (including phenoxy) is 2. The van der Waals surface area contributed by atoms with Gasteiger partial charge in [-0.05, 0) is 124 Å². The van der Waals surface area contributed by atoms with E-state index in [0.717, 1.165) is 68.5 Å². The summed E-state index contributed by atoms with van der Waals surface area (Å²) in [5, 5.41) is 11.1. The molecule has 2 heterocycles. The van der Waals surface area contributed by atoms with Crippen LogP contribution in [0.2, 0.25) is 5.02 Å². The highest BCUT2D eigenvalue weighted by molar-refractivity contribution is 7.90. The van der Waals surface area contributed by atoms with E-state index in [1.807, 2.05) is 12.1 Å². The van der Waals surface area contributed by atoms with Crippen LogP contribution in [0.15, 0.2) is 61.2 Å². The predicted molar refractivity (Wildman–Crippen MR) is 200 cm³/mol. The first-order valence-electron chi connectivity index (χ1n) is 18.6. The maximum absolute atomic E-state index is 13.7. The van der Waals surface area contributed by atoms with E-state index in [1.54, 1.807) is 24.3 Å². The minimum absolute atomic E-state index is 0.126. The Morgan fingerprint density at radius 1 is 1.18 bits per heavy atom. The van der Waals surface area contributed by atoms with Crippen LogP contribution in [-0.4, -0.2) is 63.2 Å². The number of allylic oxidation sites excluding steroid dienone is 2. The average molecular weight is 725 g/mol. The SMILES string of the molecule is C=CCCC(C[C@H]1CCCO1)S(=O)(=O)NC(=O)c1ccc2c(c1)N(C[C@@H]1CC[C@H]1C(O)/C=C/CCC)C[C@@]1(CCCc3cc(Cl)ccc31)CO2. The molecule has 6 rings (SSSR count). The van der Waals surface area contributed by atoms with Gasteiger partial charge < -0.3 is 19.5 Å². The molecule has 10 heteroatoms. The zero-order valence-electron chi connectivity index (χ0n) is 29.3. The van der Waals surface area contributed by atoms with E-state index >= 15 is 0 Å². The summed E-state index contributed by atoms with van der Waals surface area (Å²) >= 11 is 6.44. The van der Waals surface area contributed by atoms with E-state index in [1.165, 1.54) is 11.1 Å². The summed E-state index contributed by atoms with van der Waals surface area (Å²) in [6.07, 6.45) is 15.0. The Bertz CT molecular complexity index is 1660. The lowest BCUT2D eigenvalue weighted by Gasteiger charge is -2.45. The fourth-order valence-corrected chi connectivity index (χ4v) is 10.1. The molecule has 0 radical (unpaired) electrons. The molecule has 1 saturated heterocycles. The van der Waals surface area contributed by atoms with Crippen molar-refractivity contribution < 1.29 is 27.8 Å². The molecular formula is C40H53ClN2O6S. The summed E-state index contributed by atoms with van der Waals surface area (Å²) in [6, 6.07) is 11.4. The lowest BCUT2D eigenvalue weighted by Crippen LogP contribution is -2.49. The van der Waals surface area contributed by atoms with E-state index in [2.05, 4.69) is 41.3 Å². The van der Waals surface area contributed by atoms with Crippen LogP contribution >= 0.6 is 11.6 Å². The first kappa shape index (κ1) is 36.9. The van der Waals surface area contributed by atoms with Gasteiger partial charge in [-0.1, -0.05) is 49.2 Å². The van der Waals surface area contributed by atoms with Gasteiger partial charge in [0.15, 0.2) is 0 Å². The minimum atomic E-state index is -3.99. The van der Waals surface area contributed by atoms with Crippen LogP contribution in [0.1, 0.15) is 99.0 Å². The molecule has 0 bridgehead atoms. The Labute approximate surface area is 303 Å². The van der Waals surface area contributed by atoms with Crippen LogP contribution in [0.5, 0.6) is 5.75 Å². The standard InChI is InChI=1S/C40H53ClN2O6S/c1-3-5-7-13-37(44)34-17-14-30(34)25-43-26-40(20-8-10-28-22-31(41)16-18-35(28)40)27-49-38-19-15-29(23-36(38)43)39(45)42-50(46,47)33(12-6-4-2)24-32-11-9-21-48-32/h4,7,13,15-16,18-19,22-23,30,32-34,37,44H,2-3,5-6,8-12,14,17,20-21,24-27H2,1H3,(H,42,45)/b13-7+/t30-,32+,33?,34+,37?,40-/m0/s1. The second-order valence-electron chi connectivity index (χ2n) is 14.8. The van der Waals surface area contributed by atoms with E-state index in [-0.39, 0.29) is 28.9 Å². The number of unbranched alkanes of at least 4 members (excludes halogenated alkanes) is 1. The largest absolute Gasteiger partial charge is 0.490 e. The number of aryl methyl sites for hydroxylation is 1. The highest BCUT2D eigenvalue weighted by Crippen LogP contribution is 2.46. The van der Waals surface area contributed by atoms with Gasteiger partial charge in [-0.15, -0.1) is 6.58 Å². The van der Waals surface area contributed by atoms with Crippen molar-refractivity contribution in [2.75, 3.05) is 31.2 Å². The first-order chi connectivity index (χ1) is 24.1. The number of sulfonamides is 1. The molecule has 2 aliphatic heterocycles. The van der Waals surface area contributed by atoms with Crippen LogP contribution in [0, 0.1) is 11.8 Å². The molecule has 1 spiro atoms. The number of nitrogens with zero attached hydrogens (tertiary/aromatic N) is 1. The lowest BCUT2D eigenvalue weighted by atomic mass is 9.68. The van der Waals surface area contributed by atoms with Gasteiger partial charge in [-0.2, -0.15) is 0 Å². The summed E-state index contributed by atoms with van der Waals surface area (Å²) in [4.78, 5) is 16.1. The van der Waals surface area contributed by atoms with Gasteiger partial charge in [0, 0.05) is 35.7 Å². The lowest BCUT2D eigenvalue weighted by molar-refractivity contribution is 0.0456. The van der Waals surface area contributed by atoms with Gasteiger partial charge in [0.25, 0.3) is 5.91 Å². The molecule has 2 aromatic carbocycles. The summed E-state index contributed by atoms with van der Waals surface area (Å²) < 4.78 is 42.1. The minimum Gasteiger partial charge on any atom is -0.490 e. The van der Waals surface area contributed by atoms with E-state index in [9.17, 15) is 18.3 Å².